The van der Waals surface area contributed by atoms with Crippen LogP contribution < -0.4 is 0 Å². The van der Waals surface area contributed by atoms with E-state index in [1.165, 1.54) is 17.0 Å². The predicted octanol–water partition coefficient (Wildman–Crippen LogP) is 2.49. The Kier molecular flexibility index (Phi) is 4.47. The number of aliphatic hydroxyl groups is 1. The number of hydrogen-bond donors (Lipinski definition) is 1. The molecule has 7 heteroatoms. The molecule has 0 spiro atoms. The average molecular weight is 343 g/mol. The average Bonchev–Trinajstić information content (AvgIpc) is 2.97. The molecule has 2 heterocycles. The third-order valence-electron chi connectivity index (χ3n) is 4.28. The van der Waals surface area contributed by atoms with Gasteiger partial charge in [0.1, 0.15) is 23.4 Å². The van der Waals surface area contributed by atoms with Crippen molar-refractivity contribution in [2.24, 2.45) is 0 Å². The van der Waals surface area contributed by atoms with Crippen molar-refractivity contribution < 1.29 is 18.7 Å². The van der Waals surface area contributed by atoms with Crippen LogP contribution in [-0.2, 0) is 0 Å². The first-order chi connectivity index (χ1) is 11.9. The number of nitrogens with zero attached hydrogens (tertiary/aromatic N) is 3. The molecular formula is C18H15F2N3O2. The number of likely N-dealkylation sites (tertiary alicyclic amines) is 1. The summed E-state index contributed by atoms with van der Waals surface area (Å²) >= 11 is 0. The molecule has 0 bridgehead atoms. The smallest absolute Gasteiger partial charge is 0.273 e. The second-order valence-electron chi connectivity index (χ2n) is 5.97. The van der Waals surface area contributed by atoms with Crippen molar-refractivity contribution in [1.29, 1.82) is 5.26 Å². The maximum atomic E-state index is 14.1. The maximum absolute atomic E-state index is 14.1. The molecule has 25 heavy (non-hydrogen) atoms. The highest BCUT2D eigenvalue weighted by Crippen LogP contribution is 2.35. The predicted molar refractivity (Wildman–Crippen MR) is 84.4 cm³/mol. The number of β-amino-alcohol motifs (C(OH)–C–C–N with tert-alkyl or cyclic N) is 1. The topological polar surface area (TPSA) is 77.2 Å². The lowest BCUT2D eigenvalue weighted by Gasteiger charge is -2.25. The van der Waals surface area contributed by atoms with Crippen LogP contribution in [0.25, 0.3) is 0 Å². The van der Waals surface area contributed by atoms with Crippen molar-refractivity contribution >= 4 is 5.91 Å². The Morgan fingerprint density at radius 1 is 1.36 bits per heavy atom. The van der Waals surface area contributed by atoms with Gasteiger partial charge in [-0.05, 0) is 43.7 Å². The minimum Gasteiger partial charge on any atom is -0.391 e. The number of pyridine rings is 1. The van der Waals surface area contributed by atoms with E-state index in [0.29, 0.717) is 11.3 Å². The lowest BCUT2D eigenvalue weighted by Crippen LogP contribution is -2.33. The maximum Gasteiger partial charge on any atom is 0.273 e. The molecule has 1 amide bonds. The van der Waals surface area contributed by atoms with Gasteiger partial charge in [0, 0.05) is 12.1 Å². The van der Waals surface area contributed by atoms with Gasteiger partial charge in [-0.2, -0.15) is 5.26 Å². The molecule has 1 aliphatic rings. The highest BCUT2D eigenvalue weighted by molar-refractivity contribution is 5.93. The van der Waals surface area contributed by atoms with E-state index in [1.54, 1.807) is 6.92 Å². The van der Waals surface area contributed by atoms with Gasteiger partial charge in [-0.1, -0.05) is 0 Å². The molecule has 128 valence electrons. The second-order valence-corrected chi connectivity index (χ2v) is 5.97. The number of amides is 1. The third-order valence-corrected chi connectivity index (χ3v) is 4.28. The van der Waals surface area contributed by atoms with Crippen LogP contribution in [0, 0.1) is 29.9 Å². The Hall–Kier alpha value is -2.85. The SMILES string of the molecule is Cc1nc(C(=O)N2CC(O)CC2c2cc(F)ccc2F)ccc1C#N. The zero-order valence-electron chi connectivity index (χ0n) is 13.4. The van der Waals surface area contributed by atoms with Crippen molar-refractivity contribution in [1.82, 2.24) is 9.88 Å². The van der Waals surface area contributed by atoms with Crippen LogP contribution in [0.4, 0.5) is 8.78 Å². The number of aromatic nitrogens is 1. The summed E-state index contributed by atoms with van der Waals surface area (Å²) < 4.78 is 27.6. The Labute approximate surface area is 143 Å². The van der Waals surface area contributed by atoms with E-state index in [2.05, 4.69) is 4.98 Å². The van der Waals surface area contributed by atoms with Gasteiger partial charge in [-0.15, -0.1) is 0 Å². The summed E-state index contributed by atoms with van der Waals surface area (Å²) in [5, 5.41) is 18.9. The Balaban J connectivity index is 1.96. The van der Waals surface area contributed by atoms with Crippen LogP contribution in [0.2, 0.25) is 0 Å². The van der Waals surface area contributed by atoms with E-state index in [9.17, 15) is 18.7 Å². The first-order valence-corrected chi connectivity index (χ1v) is 7.72. The number of benzene rings is 1. The minimum atomic E-state index is -0.837. The highest BCUT2D eigenvalue weighted by Gasteiger charge is 2.37. The first kappa shape index (κ1) is 17.0. The quantitative estimate of drug-likeness (QED) is 0.909. The lowest BCUT2D eigenvalue weighted by molar-refractivity contribution is 0.0707. The largest absolute Gasteiger partial charge is 0.391 e. The highest BCUT2D eigenvalue weighted by atomic mass is 19.1. The normalized spacial score (nSPS) is 19.7. The van der Waals surface area contributed by atoms with Gasteiger partial charge >= 0.3 is 0 Å². The van der Waals surface area contributed by atoms with Crippen molar-refractivity contribution in [2.45, 2.75) is 25.5 Å². The molecule has 1 saturated heterocycles. The zero-order chi connectivity index (χ0) is 18.1. The second kappa shape index (κ2) is 6.57. The summed E-state index contributed by atoms with van der Waals surface area (Å²) in [5.74, 6) is -1.75. The van der Waals surface area contributed by atoms with Gasteiger partial charge in [0.25, 0.3) is 5.91 Å². The van der Waals surface area contributed by atoms with Crippen molar-refractivity contribution in [3.8, 4) is 6.07 Å². The monoisotopic (exact) mass is 343 g/mol. The van der Waals surface area contributed by atoms with E-state index < -0.39 is 29.7 Å². The zero-order valence-corrected chi connectivity index (χ0v) is 13.4. The fourth-order valence-electron chi connectivity index (χ4n) is 3.05. The van der Waals surface area contributed by atoms with Crippen molar-refractivity contribution in [3.05, 3.63) is 64.5 Å². The molecule has 3 rings (SSSR count). The molecule has 0 aliphatic carbocycles. The first-order valence-electron chi connectivity index (χ1n) is 7.72. The molecule has 0 radical (unpaired) electrons. The molecule has 2 unspecified atom stereocenters. The van der Waals surface area contributed by atoms with Gasteiger partial charge in [-0.3, -0.25) is 4.79 Å². The number of carbonyl (C=O) groups excluding carboxylic acids is 1. The number of nitriles is 1. The van der Waals surface area contributed by atoms with E-state index in [1.807, 2.05) is 6.07 Å². The van der Waals surface area contributed by atoms with Crippen LogP contribution >= 0.6 is 0 Å². The van der Waals surface area contributed by atoms with Gasteiger partial charge in [0.15, 0.2) is 0 Å². The number of rotatable bonds is 2. The van der Waals surface area contributed by atoms with Crippen molar-refractivity contribution in [2.75, 3.05) is 6.54 Å². The molecule has 1 aliphatic heterocycles. The fraction of sp³-hybridized carbons (Fsp3) is 0.278. The summed E-state index contributed by atoms with van der Waals surface area (Å²) in [4.78, 5) is 18.2. The van der Waals surface area contributed by atoms with Gasteiger partial charge < -0.3 is 10.0 Å². The summed E-state index contributed by atoms with van der Waals surface area (Å²) in [6.07, 6.45) is -0.724. The molecule has 1 fully saturated rings. The molecular weight excluding hydrogens is 328 g/mol. The van der Waals surface area contributed by atoms with E-state index >= 15 is 0 Å². The van der Waals surface area contributed by atoms with Crippen LogP contribution in [0.1, 0.15) is 39.8 Å². The summed E-state index contributed by atoms with van der Waals surface area (Å²) in [5.41, 5.74) is 0.870. The molecule has 2 atom stereocenters. The van der Waals surface area contributed by atoms with Crippen LogP contribution in [0.15, 0.2) is 30.3 Å². The molecule has 0 saturated carbocycles. The summed E-state index contributed by atoms with van der Waals surface area (Å²) in [7, 11) is 0. The van der Waals surface area contributed by atoms with E-state index in [0.717, 1.165) is 18.2 Å². The number of halogens is 2. The Morgan fingerprint density at radius 3 is 2.80 bits per heavy atom. The fourth-order valence-corrected chi connectivity index (χ4v) is 3.05. The Bertz CT molecular complexity index is 879. The molecule has 1 aromatic carbocycles. The number of carbonyl (C=O) groups is 1. The summed E-state index contributed by atoms with van der Waals surface area (Å²) in [6, 6.07) is 7.13. The summed E-state index contributed by atoms with van der Waals surface area (Å²) in [6.45, 7) is 1.61. The third kappa shape index (κ3) is 3.21. The van der Waals surface area contributed by atoms with E-state index in [-0.39, 0.29) is 24.2 Å². The minimum absolute atomic E-state index is 0.000181. The Morgan fingerprint density at radius 2 is 2.12 bits per heavy atom. The van der Waals surface area contributed by atoms with Gasteiger partial charge in [0.2, 0.25) is 0 Å². The molecule has 1 aromatic heterocycles. The molecule has 1 N–H and O–H groups in total. The number of aliphatic hydroxyl groups excluding tert-OH is 1. The van der Waals surface area contributed by atoms with Gasteiger partial charge in [-0.25, -0.2) is 13.8 Å². The van der Waals surface area contributed by atoms with Crippen LogP contribution in [-0.4, -0.2) is 33.5 Å². The number of aryl methyl sites for hydroxylation is 1. The van der Waals surface area contributed by atoms with Crippen LogP contribution in [0.5, 0.6) is 0 Å². The standard InChI is InChI=1S/C18H15F2N3O2/c1-10-11(8-21)2-5-16(22-10)18(25)23-9-13(24)7-17(23)14-6-12(19)3-4-15(14)20/h2-6,13,17,24H,7,9H2,1H3. The lowest BCUT2D eigenvalue weighted by atomic mass is 10.0. The molecule has 5 nitrogen and oxygen atoms in total. The van der Waals surface area contributed by atoms with Crippen LogP contribution in [0.3, 0.4) is 0 Å². The van der Waals surface area contributed by atoms with E-state index in [4.69, 9.17) is 5.26 Å². The van der Waals surface area contributed by atoms with Crippen molar-refractivity contribution in [3.63, 3.8) is 0 Å². The molecule has 2 aromatic rings. The number of hydrogen-bond acceptors (Lipinski definition) is 4. The van der Waals surface area contributed by atoms with Gasteiger partial charge in [0.05, 0.1) is 23.4 Å².